The van der Waals surface area contributed by atoms with Crippen molar-refractivity contribution in [2.24, 2.45) is 0 Å². The van der Waals surface area contributed by atoms with Gasteiger partial charge >= 0.3 is 0 Å². The van der Waals surface area contributed by atoms with Gasteiger partial charge < -0.3 is 9.80 Å². The fraction of sp³-hybridized carbons (Fsp3) is 0.421. The van der Waals surface area contributed by atoms with Gasteiger partial charge in [0.05, 0.1) is 17.7 Å². The summed E-state index contributed by atoms with van der Waals surface area (Å²) in [4.78, 5) is 9.35. The third-order valence-electron chi connectivity index (χ3n) is 5.01. The molecule has 0 spiro atoms. The molecule has 1 aromatic heterocycles. The Morgan fingerprint density at radius 2 is 1.91 bits per heavy atom. The van der Waals surface area contributed by atoms with Crippen LogP contribution in [0.2, 0.25) is 0 Å². The molecule has 3 nitrogen and oxygen atoms in total. The van der Waals surface area contributed by atoms with E-state index in [9.17, 15) is 0 Å². The zero-order chi connectivity index (χ0) is 15.4. The maximum Gasteiger partial charge on any atom is 0.0906 e. The first-order valence-corrected chi connectivity index (χ1v) is 8.06. The van der Waals surface area contributed by atoms with Crippen molar-refractivity contribution in [3.8, 4) is 0 Å². The fourth-order valence-corrected chi connectivity index (χ4v) is 3.36. The smallest absolute Gasteiger partial charge is 0.0906 e. The van der Waals surface area contributed by atoms with Crippen LogP contribution in [0.15, 0.2) is 48.9 Å². The summed E-state index contributed by atoms with van der Waals surface area (Å²) in [5, 5.41) is 1.24. The van der Waals surface area contributed by atoms with Gasteiger partial charge in [0.1, 0.15) is 0 Å². The summed E-state index contributed by atoms with van der Waals surface area (Å²) >= 11 is 0. The number of hydrogen-bond acceptors (Lipinski definition) is 3. The fourth-order valence-electron chi connectivity index (χ4n) is 3.36. The lowest BCUT2D eigenvalue weighted by Gasteiger charge is -2.36. The summed E-state index contributed by atoms with van der Waals surface area (Å²) in [6, 6.07) is 10.9. The Balaban J connectivity index is 1.65. The first kappa shape index (κ1) is 13.6. The zero-order valence-corrected chi connectivity index (χ0v) is 13.6. The van der Waals surface area contributed by atoms with Crippen molar-refractivity contribution >= 4 is 10.9 Å². The van der Waals surface area contributed by atoms with E-state index in [1.54, 1.807) is 0 Å². The molecule has 0 amide bonds. The Morgan fingerprint density at radius 3 is 2.59 bits per heavy atom. The van der Waals surface area contributed by atoms with Crippen LogP contribution < -0.4 is 0 Å². The van der Waals surface area contributed by atoms with E-state index in [0.29, 0.717) is 0 Å². The van der Waals surface area contributed by atoms with E-state index in [0.717, 1.165) is 12.2 Å². The highest BCUT2D eigenvalue weighted by Gasteiger charge is 2.50. The molecule has 2 aromatic rings. The average molecular weight is 293 g/mol. The molecule has 1 fully saturated rings. The van der Waals surface area contributed by atoms with E-state index < -0.39 is 0 Å². The van der Waals surface area contributed by atoms with Gasteiger partial charge in [0.2, 0.25) is 0 Å². The number of aromatic nitrogens is 1. The molecule has 114 valence electrons. The highest BCUT2D eigenvalue weighted by molar-refractivity contribution is 5.79. The van der Waals surface area contributed by atoms with Crippen molar-refractivity contribution in [1.82, 2.24) is 14.8 Å². The molecule has 4 rings (SSSR count). The molecule has 22 heavy (non-hydrogen) atoms. The largest absolute Gasteiger partial charge is 0.354 e. The maximum atomic E-state index is 4.43. The molecule has 0 bridgehead atoms. The number of pyridine rings is 1. The van der Waals surface area contributed by atoms with Gasteiger partial charge in [-0.25, -0.2) is 0 Å². The monoisotopic (exact) mass is 293 g/mol. The average Bonchev–Trinajstić information content (AvgIpc) is 3.14. The number of rotatable bonds is 2. The minimum absolute atomic E-state index is 0.175. The van der Waals surface area contributed by atoms with E-state index >= 15 is 0 Å². The molecule has 0 radical (unpaired) electrons. The standard InChI is InChI=1S/C19H23N3/c1-18(2,3)21-11-12-22(14-21)19(8-9-19)16-6-7-17-15(13-16)5-4-10-20-17/h4-7,10-13H,8-9,14H2,1-3H3. The molecule has 1 saturated carbocycles. The molecule has 3 heteroatoms. The normalized spacial score (nSPS) is 20.0. The predicted octanol–water partition coefficient (Wildman–Crippen LogP) is 4.07. The third-order valence-corrected chi connectivity index (χ3v) is 5.01. The Labute approximate surface area is 132 Å². The van der Waals surface area contributed by atoms with Crippen LogP contribution in [0.3, 0.4) is 0 Å². The number of benzene rings is 1. The molecular weight excluding hydrogens is 270 g/mol. The first-order chi connectivity index (χ1) is 10.5. The molecule has 1 aromatic carbocycles. The van der Waals surface area contributed by atoms with Gasteiger partial charge in [0.25, 0.3) is 0 Å². The topological polar surface area (TPSA) is 19.4 Å². The summed E-state index contributed by atoms with van der Waals surface area (Å²) in [5.74, 6) is 0. The lowest BCUT2D eigenvalue weighted by atomic mass is 10.0. The molecule has 0 saturated heterocycles. The van der Waals surface area contributed by atoms with Crippen molar-refractivity contribution in [2.45, 2.75) is 44.7 Å². The van der Waals surface area contributed by atoms with Crippen LogP contribution in [0, 0.1) is 0 Å². The minimum atomic E-state index is 0.175. The second-order valence-electron chi connectivity index (χ2n) is 7.49. The van der Waals surface area contributed by atoms with Crippen molar-refractivity contribution in [3.05, 3.63) is 54.5 Å². The highest BCUT2D eigenvalue weighted by atomic mass is 15.4. The Morgan fingerprint density at radius 1 is 1.09 bits per heavy atom. The zero-order valence-electron chi connectivity index (χ0n) is 13.6. The molecule has 0 N–H and O–H groups in total. The number of fused-ring (bicyclic) bond motifs is 1. The number of hydrogen-bond donors (Lipinski definition) is 0. The predicted molar refractivity (Wildman–Crippen MR) is 90.1 cm³/mol. The maximum absolute atomic E-state index is 4.43. The van der Waals surface area contributed by atoms with E-state index in [1.165, 1.54) is 23.8 Å². The molecule has 1 aliphatic heterocycles. The van der Waals surface area contributed by atoms with Crippen LogP contribution in [0.1, 0.15) is 39.2 Å². The molecule has 2 aliphatic rings. The van der Waals surface area contributed by atoms with Gasteiger partial charge in [0, 0.05) is 29.5 Å². The Kier molecular flexibility index (Phi) is 2.77. The lowest BCUT2D eigenvalue weighted by Crippen LogP contribution is -2.42. The minimum Gasteiger partial charge on any atom is -0.354 e. The van der Waals surface area contributed by atoms with Crippen molar-refractivity contribution < 1.29 is 0 Å². The molecule has 0 unspecified atom stereocenters. The summed E-state index contributed by atoms with van der Waals surface area (Å²) in [6.07, 6.45) is 8.84. The van der Waals surface area contributed by atoms with Gasteiger partial charge in [-0.05, 0) is 57.4 Å². The van der Waals surface area contributed by atoms with Gasteiger partial charge in [0.15, 0.2) is 0 Å². The van der Waals surface area contributed by atoms with Crippen molar-refractivity contribution in [3.63, 3.8) is 0 Å². The molecule has 1 aliphatic carbocycles. The van der Waals surface area contributed by atoms with E-state index in [1.807, 2.05) is 12.3 Å². The van der Waals surface area contributed by atoms with Gasteiger partial charge in [-0.2, -0.15) is 0 Å². The molecule has 0 atom stereocenters. The van der Waals surface area contributed by atoms with Gasteiger partial charge in [-0.1, -0.05) is 12.1 Å². The summed E-state index contributed by atoms with van der Waals surface area (Å²) in [7, 11) is 0. The molecule has 2 heterocycles. The second-order valence-corrected chi connectivity index (χ2v) is 7.49. The first-order valence-electron chi connectivity index (χ1n) is 8.06. The van der Waals surface area contributed by atoms with Crippen LogP contribution in [0.4, 0.5) is 0 Å². The lowest BCUT2D eigenvalue weighted by molar-refractivity contribution is 0.129. The summed E-state index contributed by atoms with van der Waals surface area (Å²) in [5.41, 5.74) is 2.87. The Bertz CT molecular complexity index is 738. The van der Waals surface area contributed by atoms with Crippen LogP contribution in [-0.4, -0.2) is 27.0 Å². The summed E-state index contributed by atoms with van der Waals surface area (Å²) < 4.78 is 0. The number of nitrogens with zero attached hydrogens (tertiary/aromatic N) is 3. The van der Waals surface area contributed by atoms with Gasteiger partial charge in [-0.15, -0.1) is 0 Å². The van der Waals surface area contributed by atoms with E-state index in [2.05, 4.69) is 72.2 Å². The third kappa shape index (κ3) is 2.07. The summed E-state index contributed by atoms with van der Waals surface area (Å²) in [6.45, 7) is 7.78. The highest BCUT2D eigenvalue weighted by Crippen LogP contribution is 2.52. The van der Waals surface area contributed by atoms with Crippen LogP contribution in [0.25, 0.3) is 10.9 Å². The quantitative estimate of drug-likeness (QED) is 0.832. The van der Waals surface area contributed by atoms with Gasteiger partial charge in [-0.3, -0.25) is 4.98 Å². The van der Waals surface area contributed by atoms with Crippen LogP contribution in [0.5, 0.6) is 0 Å². The van der Waals surface area contributed by atoms with Crippen LogP contribution in [-0.2, 0) is 5.54 Å². The SMILES string of the molecule is CC(C)(C)N1C=CN(C2(c3ccc4ncccc4c3)CC2)C1. The van der Waals surface area contributed by atoms with E-state index in [4.69, 9.17) is 0 Å². The molecular formula is C19H23N3. The van der Waals surface area contributed by atoms with Crippen molar-refractivity contribution in [2.75, 3.05) is 6.67 Å². The van der Waals surface area contributed by atoms with Crippen LogP contribution >= 0.6 is 0 Å². The second kappa shape index (κ2) is 4.48. The van der Waals surface area contributed by atoms with Crippen molar-refractivity contribution in [1.29, 1.82) is 0 Å². The Hall–Kier alpha value is -2.03. The van der Waals surface area contributed by atoms with E-state index in [-0.39, 0.29) is 11.1 Å².